The maximum atomic E-state index is 11.7. The summed E-state index contributed by atoms with van der Waals surface area (Å²) < 4.78 is 0. The smallest absolute Gasteiger partial charge is 0.245 e. The molecule has 0 heterocycles. The number of nitrogens with one attached hydrogen (secondary N) is 2. The minimum absolute atomic E-state index is 0.00978. The normalized spacial score (nSPS) is 11.8. The summed E-state index contributed by atoms with van der Waals surface area (Å²) in [5.41, 5.74) is 0. The number of Topliss-reactive ketones (excluding diaryl/α,β-unsaturated/α-hetero) is 1. The summed E-state index contributed by atoms with van der Waals surface area (Å²) in [6, 6.07) is -0.561. The molecule has 0 spiro atoms. The summed E-state index contributed by atoms with van der Waals surface area (Å²) in [6.07, 6.45) is 1.20. The zero-order valence-electron chi connectivity index (χ0n) is 11.9. The molecule has 1 atom stereocenters. The van der Waals surface area contributed by atoms with E-state index >= 15 is 0 Å². The van der Waals surface area contributed by atoms with Crippen LogP contribution < -0.4 is 10.6 Å². The van der Waals surface area contributed by atoms with Gasteiger partial charge >= 0.3 is 0 Å². The van der Waals surface area contributed by atoms with Crippen molar-refractivity contribution in [1.29, 1.82) is 0 Å². The standard InChI is InChI=1S/C13H23N3O3/c1-5-6-10(17)7-15-11(18)8-16-13(19)12(14-4)9(2)3/h9,12H,4-8H2,1-3H3,(H,15,18)(H,16,19). The van der Waals surface area contributed by atoms with Crippen LogP contribution in [0.1, 0.15) is 33.6 Å². The van der Waals surface area contributed by atoms with Gasteiger partial charge in [-0.3, -0.25) is 19.4 Å². The Kier molecular flexibility index (Phi) is 8.41. The molecule has 1 unspecified atom stereocenters. The van der Waals surface area contributed by atoms with Gasteiger partial charge in [-0.25, -0.2) is 0 Å². The van der Waals surface area contributed by atoms with E-state index in [1.165, 1.54) is 0 Å². The van der Waals surface area contributed by atoms with Crippen molar-refractivity contribution in [3.63, 3.8) is 0 Å². The van der Waals surface area contributed by atoms with Gasteiger partial charge in [0, 0.05) is 6.42 Å². The summed E-state index contributed by atoms with van der Waals surface area (Å²) in [5.74, 6) is -0.717. The highest BCUT2D eigenvalue weighted by Gasteiger charge is 2.20. The first kappa shape index (κ1) is 17.3. The fourth-order valence-corrected chi connectivity index (χ4v) is 1.50. The maximum absolute atomic E-state index is 11.7. The summed E-state index contributed by atoms with van der Waals surface area (Å²) in [7, 11) is 0. The van der Waals surface area contributed by atoms with Crippen molar-refractivity contribution in [2.75, 3.05) is 13.1 Å². The Hall–Kier alpha value is -1.72. The number of carbonyl (C=O) groups is 3. The van der Waals surface area contributed by atoms with Gasteiger partial charge in [0.1, 0.15) is 6.04 Å². The van der Waals surface area contributed by atoms with E-state index < -0.39 is 6.04 Å². The van der Waals surface area contributed by atoms with Crippen molar-refractivity contribution >= 4 is 24.3 Å². The minimum Gasteiger partial charge on any atom is -0.347 e. The molecule has 0 aromatic rings. The molecule has 108 valence electrons. The third-order valence-electron chi connectivity index (χ3n) is 2.53. The van der Waals surface area contributed by atoms with Gasteiger partial charge in [-0.05, 0) is 19.1 Å². The summed E-state index contributed by atoms with van der Waals surface area (Å²) in [5, 5.41) is 4.93. The van der Waals surface area contributed by atoms with Crippen LogP contribution in [0, 0.1) is 5.92 Å². The van der Waals surface area contributed by atoms with Gasteiger partial charge in [-0.1, -0.05) is 20.8 Å². The lowest BCUT2D eigenvalue weighted by Crippen LogP contribution is -2.43. The molecule has 0 aromatic heterocycles. The molecule has 19 heavy (non-hydrogen) atoms. The zero-order valence-corrected chi connectivity index (χ0v) is 11.9. The molecule has 6 heteroatoms. The molecule has 0 saturated heterocycles. The molecule has 0 fully saturated rings. The van der Waals surface area contributed by atoms with Gasteiger partial charge in [0.25, 0.3) is 0 Å². The highest BCUT2D eigenvalue weighted by atomic mass is 16.2. The van der Waals surface area contributed by atoms with Crippen LogP contribution in [0.15, 0.2) is 4.99 Å². The van der Waals surface area contributed by atoms with Gasteiger partial charge in [0.15, 0.2) is 5.78 Å². The molecule has 0 aliphatic carbocycles. The van der Waals surface area contributed by atoms with Crippen LogP contribution in [0.3, 0.4) is 0 Å². The lowest BCUT2D eigenvalue weighted by molar-refractivity contribution is -0.128. The van der Waals surface area contributed by atoms with E-state index in [1.807, 2.05) is 20.8 Å². The fourth-order valence-electron chi connectivity index (χ4n) is 1.50. The first-order valence-corrected chi connectivity index (χ1v) is 6.44. The maximum Gasteiger partial charge on any atom is 0.245 e. The number of amides is 2. The summed E-state index contributed by atoms with van der Waals surface area (Å²) in [6.45, 7) is 8.80. The SMILES string of the molecule is C=NC(C(=O)NCC(=O)NCC(=O)CCC)C(C)C. The Morgan fingerprint density at radius 1 is 1.16 bits per heavy atom. The molecule has 0 aliphatic rings. The molecular formula is C13H23N3O3. The van der Waals surface area contributed by atoms with Crippen molar-refractivity contribution < 1.29 is 14.4 Å². The van der Waals surface area contributed by atoms with E-state index in [0.717, 1.165) is 6.42 Å². The number of hydrogen-bond acceptors (Lipinski definition) is 4. The van der Waals surface area contributed by atoms with Gasteiger partial charge in [-0.2, -0.15) is 0 Å². The number of rotatable bonds is 9. The average molecular weight is 269 g/mol. The van der Waals surface area contributed by atoms with Crippen LogP contribution in [0.5, 0.6) is 0 Å². The summed E-state index contributed by atoms with van der Waals surface area (Å²) in [4.78, 5) is 38.0. The second kappa shape index (κ2) is 9.24. The highest BCUT2D eigenvalue weighted by molar-refractivity contribution is 5.90. The second-order valence-corrected chi connectivity index (χ2v) is 4.65. The molecule has 0 aromatic carbocycles. The first-order chi connectivity index (χ1) is 8.92. The Balaban J connectivity index is 3.99. The third-order valence-corrected chi connectivity index (χ3v) is 2.53. The average Bonchev–Trinajstić information content (AvgIpc) is 2.34. The van der Waals surface area contributed by atoms with E-state index in [4.69, 9.17) is 0 Å². The molecule has 0 bridgehead atoms. The van der Waals surface area contributed by atoms with Crippen molar-refractivity contribution in [2.24, 2.45) is 10.9 Å². The van der Waals surface area contributed by atoms with Crippen molar-refractivity contribution in [1.82, 2.24) is 10.6 Å². The van der Waals surface area contributed by atoms with Crippen LogP contribution in [-0.2, 0) is 14.4 Å². The number of ketones is 1. The van der Waals surface area contributed by atoms with E-state index in [-0.39, 0.29) is 36.6 Å². The van der Waals surface area contributed by atoms with E-state index in [2.05, 4.69) is 22.3 Å². The van der Waals surface area contributed by atoms with Gasteiger partial charge in [-0.15, -0.1) is 0 Å². The third kappa shape index (κ3) is 7.33. The Morgan fingerprint density at radius 2 is 1.79 bits per heavy atom. The van der Waals surface area contributed by atoms with E-state index in [1.54, 1.807) is 0 Å². The predicted molar refractivity (Wildman–Crippen MR) is 74.1 cm³/mol. The van der Waals surface area contributed by atoms with Crippen molar-refractivity contribution in [2.45, 2.75) is 39.7 Å². The molecule has 2 N–H and O–H groups in total. The van der Waals surface area contributed by atoms with Crippen LogP contribution >= 0.6 is 0 Å². The van der Waals surface area contributed by atoms with E-state index in [0.29, 0.717) is 6.42 Å². The van der Waals surface area contributed by atoms with Crippen molar-refractivity contribution in [3.8, 4) is 0 Å². The van der Waals surface area contributed by atoms with Crippen LogP contribution in [0.4, 0.5) is 0 Å². The lowest BCUT2D eigenvalue weighted by atomic mass is 10.0. The first-order valence-electron chi connectivity index (χ1n) is 6.44. The van der Waals surface area contributed by atoms with Crippen molar-refractivity contribution in [3.05, 3.63) is 0 Å². The van der Waals surface area contributed by atoms with Gasteiger partial charge in [0.05, 0.1) is 13.1 Å². The predicted octanol–water partition coefficient (Wildman–Crippen LogP) is 0.313. The van der Waals surface area contributed by atoms with Gasteiger partial charge in [0.2, 0.25) is 11.8 Å². The Morgan fingerprint density at radius 3 is 2.26 bits per heavy atom. The highest BCUT2D eigenvalue weighted by Crippen LogP contribution is 2.04. The molecule has 0 saturated carbocycles. The van der Waals surface area contributed by atoms with Crippen LogP contribution in [-0.4, -0.2) is 43.4 Å². The number of aliphatic imine (C=N–C) groups is 1. The topological polar surface area (TPSA) is 87.6 Å². The zero-order chi connectivity index (χ0) is 14.8. The van der Waals surface area contributed by atoms with Crippen LogP contribution in [0.2, 0.25) is 0 Å². The largest absolute Gasteiger partial charge is 0.347 e. The number of carbonyl (C=O) groups excluding carboxylic acids is 3. The minimum atomic E-state index is -0.561. The molecule has 0 radical (unpaired) electrons. The molecular weight excluding hydrogens is 246 g/mol. The fraction of sp³-hybridized carbons (Fsp3) is 0.692. The van der Waals surface area contributed by atoms with E-state index in [9.17, 15) is 14.4 Å². The quantitative estimate of drug-likeness (QED) is 0.591. The Bertz CT molecular complexity index is 340. The molecule has 2 amide bonds. The second-order valence-electron chi connectivity index (χ2n) is 4.65. The monoisotopic (exact) mass is 269 g/mol. The molecule has 0 aliphatic heterocycles. The lowest BCUT2D eigenvalue weighted by Gasteiger charge is -2.15. The van der Waals surface area contributed by atoms with Gasteiger partial charge < -0.3 is 10.6 Å². The Labute approximate surface area is 114 Å². The van der Waals surface area contributed by atoms with Crippen LogP contribution in [0.25, 0.3) is 0 Å². The summed E-state index contributed by atoms with van der Waals surface area (Å²) >= 11 is 0. The number of hydrogen-bond donors (Lipinski definition) is 2. The molecule has 6 nitrogen and oxygen atoms in total. The number of nitrogens with zero attached hydrogens (tertiary/aromatic N) is 1. The molecule has 0 rings (SSSR count).